The molecule has 4 rings (SSSR count). The van der Waals surface area contributed by atoms with Crippen molar-refractivity contribution in [3.63, 3.8) is 0 Å². The van der Waals surface area contributed by atoms with Crippen LogP contribution in [0.2, 0.25) is 0 Å². The zero-order valence-electron chi connectivity index (χ0n) is 23.4. The van der Waals surface area contributed by atoms with Crippen LogP contribution in [0.5, 0.6) is 0 Å². The van der Waals surface area contributed by atoms with Crippen molar-refractivity contribution in [2.75, 3.05) is 22.5 Å². The zero-order chi connectivity index (χ0) is 31.0. The van der Waals surface area contributed by atoms with Gasteiger partial charge in [-0.25, -0.2) is 15.0 Å². The molecular weight excluding hydrogens is 581 g/mol. The lowest BCUT2D eigenvalue weighted by Crippen LogP contribution is -2.33. The molecule has 8 nitrogen and oxygen atoms in total. The lowest BCUT2D eigenvalue weighted by atomic mass is 10.1. The molecule has 3 aromatic carbocycles. The van der Waals surface area contributed by atoms with Crippen LogP contribution >= 0.6 is 11.8 Å². The number of carbonyl (C=O) groups excluding carboxylic acids is 2. The van der Waals surface area contributed by atoms with Crippen molar-refractivity contribution in [3.05, 3.63) is 89.0 Å². The Kier molecular flexibility index (Phi) is 10.5. The molecule has 0 radical (unpaired) electrons. The Bertz CT molecular complexity index is 1510. The summed E-state index contributed by atoms with van der Waals surface area (Å²) in [5.74, 6) is -0.649. The second-order valence-corrected chi connectivity index (χ2v) is 11.1. The highest BCUT2D eigenvalue weighted by Gasteiger charge is 2.34. The van der Waals surface area contributed by atoms with Crippen LogP contribution in [0.1, 0.15) is 59.7 Å². The number of carbonyl (C=O) groups is 3. The van der Waals surface area contributed by atoms with E-state index < -0.39 is 23.7 Å². The van der Waals surface area contributed by atoms with Crippen molar-refractivity contribution >= 4 is 46.8 Å². The van der Waals surface area contributed by atoms with E-state index in [-0.39, 0.29) is 22.9 Å². The Labute approximate surface area is 251 Å². The maximum absolute atomic E-state index is 13.4. The Morgan fingerprint density at radius 2 is 1.77 bits per heavy atom. The van der Waals surface area contributed by atoms with E-state index in [9.17, 15) is 27.6 Å². The first-order valence-electron chi connectivity index (χ1n) is 13.8. The van der Waals surface area contributed by atoms with Gasteiger partial charge in [0.15, 0.2) is 5.71 Å². The van der Waals surface area contributed by atoms with Crippen molar-refractivity contribution in [2.45, 2.75) is 50.1 Å². The summed E-state index contributed by atoms with van der Waals surface area (Å²) >= 11 is 1.56. The minimum absolute atomic E-state index is 0.0383. The minimum atomic E-state index is -4.56. The quantitative estimate of drug-likeness (QED) is 0.114. The number of hydrogen-bond donors (Lipinski definition) is 3. The van der Waals surface area contributed by atoms with E-state index >= 15 is 0 Å². The number of fused-ring (bicyclic) bond motifs is 1. The highest BCUT2D eigenvalue weighted by atomic mass is 32.2. The van der Waals surface area contributed by atoms with Gasteiger partial charge in [-0.3, -0.25) is 4.79 Å². The summed E-state index contributed by atoms with van der Waals surface area (Å²) in [6.45, 7) is 2.58. The van der Waals surface area contributed by atoms with Gasteiger partial charge < -0.3 is 15.3 Å². The van der Waals surface area contributed by atoms with Gasteiger partial charge in [-0.15, -0.1) is 11.8 Å². The van der Waals surface area contributed by atoms with Crippen molar-refractivity contribution < 1.29 is 32.7 Å². The summed E-state index contributed by atoms with van der Waals surface area (Å²) in [6.07, 6.45) is -0.0137. The van der Waals surface area contributed by atoms with Gasteiger partial charge in [0.2, 0.25) is 0 Å². The number of anilines is 2. The molecule has 0 aliphatic carbocycles. The Balaban J connectivity index is 1.48. The Morgan fingerprint density at radius 3 is 2.47 bits per heavy atom. The molecule has 0 atom stereocenters. The Morgan fingerprint density at radius 1 is 1.00 bits per heavy atom. The average molecular weight is 613 g/mol. The number of aryl methyl sites for hydroxylation is 1. The van der Waals surface area contributed by atoms with Gasteiger partial charge in [-0.2, -0.15) is 18.3 Å². The van der Waals surface area contributed by atoms with Crippen LogP contribution in [-0.4, -0.2) is 41.0 Å². The molecule has 0 saturated heterocycles. The minimum Gasteiger partial charge on any atom is -0.478 e. The van der Waals surface area contributed by atoms with E-state index in [4.69, 9.17) is 5.11 Å². The number of carboxylic acids is 1. The number of halogens is 3. The number of benzene rings is 3. The molecule has 0 fully saturated rings. The number of carboxylic acid groups (broad SMARTS) is 1. The van der Waals surface area contributed by atoms with Gasteiger partial charge in [0, 0.05) is 28.4 Å². The molecule has 12 heteroatoms. The molecule has 1 aliphatic heterocycles. The molecule has 3 N–H and O–H groups in total. The molecule has 0 aromatic heterocycles. The first kappa shape index (κ1) is 31.6. The van der Waals surface area contributed by atoms with Crippen LogP contribution in [0.15, 0.2) is 76.7 Å². The number of alkyl halides is 3. The van der Waals surface area contributed by atoms with Crippen LogP contribution in [-0.2, 0) is 17.4 Å². The summed E-state index contributed by atoms with van der Waals surface area (Å²) in [6, 6.07) is 15.6. The van der Waals surface area contributed by atoms with Gasteiger partial charge >= 0.3 is 18.2 Å². The van der Waals surface area contributed by atoms with Crippen LogP contribution < -0.4 is 15.6 Å². The lowest BCUT2D eigenvalue weighted by Gasteiger charge is -2.17. The third-order valence-electron chi connectivity index (χ3n) is 6.77. The molecule has 1 aliphatic rings. The number of unbranched alkanes of at least 4 members (excludes halogenated alkanes) is 3. The van der Waals surface area contributed by atoms with E-state index in [0.29, 0.717) is 30.0 Å². The number of hydrazone groups is 1. The summed E-state index contributed by atoms with van der Waals surface area (Å²) in [5.41, 5.74) is 3.76. The van der Waals surface area contributed by atoms with Gasteiger partial charge in [-0.1, -0.05) is 44.4 Å². The highest BCUT2D eigenvalue weighted by Crippen LogP contribution is 2.34. The molecule has 0 saturated carbocycles. The number of thioether (sulfide) groups is 1. The average Bonchev–Trinajstić information content (AvgIpc) is 3.23. The molecule has 3 aromatic rings. The molecule has 0 unspecified atom stereocenters. The molecular formula is C31H31F3N4O4S. The second-order valence-electron chi connectivity index (χ2n) is 9.90. The van der Waals surface area contributed by atoms with E-state index in [0.717, 1.165) is 48.3 Å². The predicted molar refractivity (Wildman–Crippen MR) is 161 cm³/mol. The van der Waals surface area contributed by atoms with Crippen LogP contribution in [0.25, 0.3) is 0 Å². The zero-order valence-corrected chi connectivity index (χ0v) is 24.2. The van der Waals surface area contributed by atoms with Crippen molar-refractivity contribution in [1.29, 1.82) is 0 Å². The lowest BCUT2D eigenvalue weighted by molar-refractivity contribution is -0.137. The summed E-state index contributed by atoms with van der Waals surface area (Å²) in [7, 11) is 0. The first-order valence-corrected chi connectivity index (χ1v) is 14.8. The van der Waals surface area contributed by atoms with E-state index in [1.165, 1.54) is 12.1 Å². The summed E-state index contributed by atoms with van der Waals surface area (Å²) in [5, 5.41) is 15.5. The number of nitrogens with zero attached hydrogens (tertiary/aromatic N) is 2. The number of aromatic carboxylic acids is 1. The van der Waals surface area contributed by atoms with Crippen molar-refractivity contribution in [3.8, 4) is 0 Å². The number of amides is 3. The smallest absolute Gasteiger partial charge is 0.416 e. The van der Waals surface area contributed by atoms with Gasteiger partial charge in [0.05, 0.1) is 16.8 Å². The van der Waals surface area contributed by atoms with Crippen molar-refractivity contribution in [2.24, 2.45) is 5.10 Å². The maximum Gasteiger partial charge on any atom is 0.416 e. The van der Waals surface area contributed by atoms with E-state index in [1.54, 1.807) is 40.9 Å². The fraction of sp³-hybridized carbons (Fsp3) is 0.290. The number of urea groups is 1. The first-order chi connectivity index (χ1) is 20.6. The maximum atomic E-state index is 13.4. The number of rotatable bonds is 12. The molecule has 0 bridgehead atoms. The largest absolute Gasteiger partial charge is 0.478 e. The number of hydrogen-bond acceptors (Lipinski definition) is 5. The summed E-state index contributed by atoms with van der Waals surface area (Å²) in [4.78, 5) is 39.5. The number of nitrogens with one attached hydrogen (secondary N) is 2. The van der Waals surface area contributed by atoms with Crippen LogP contribution in [0.3, 0.4) is 0 Å². The van der Waals surface area contributed by atoms with E-state index in [2.05, 4.69) is 22.8 Å². The molecule has 3 amide bonds. The van der Waals surface area contributed by atoms with Gasteiger partial charge in [0.1, 0.15) is 0 Å². The highest BCUT2D eigenvalue weighted by molar-refractivity contribution is 7.99. The third kappa shape index (κ3) is 8.38. The van der Waals surface area contributed by atoms with Crippen LogP contribution in [0.4, 0.5) is 29.3 Å². The fourth-order valence-electron chi connectivity index (χ4n) is 4.55. The molecule has 0 spiro atoms. The fourth-order valence-corrected chi connectivity index (χ4v) is 5.49. The van der Waals surface area contributed by atoms with Gasteiger partial charge in [-0.05, 0) is 66.9 Å². The normalized spacial score (nSPS) is 13.7. The topological polar surface area (TPSA) is 111 Å². The molecule has 1 heterocycles. The monoisotopic (exact) mass is 612 g/mol. The van der Waals surface area contributed by atoms with Crippen LogP contribution in [0, 0.1) is 0 Å². The third-order valence-corrected chi connectivity index (χ3v) is 7.77. The second kappa shape index (κ2) is 14.2. The van der Waals surface area contributed by atoms with E-state index in [1.807, 2.05) is 18.2 Å². The van der Waals surface area contributed by atoms with Gasteiger partial charge in [0.25, 0.3) is 5.91 Å². The molecule has 43 heavy (non-hydrogen) atoms. The predicted octanol–water partition coefficient (Wildman–Crippen LogP) is 7.19. The standard InChI is InChI=1S/C31H31F3N4O4S/c1-2-3-4-5-16-38-26-14-13-24(43-17-15-20-9-11-21(12-10-20)29(40)41)19-25(26)27(28(38)39)36-37-30(42)35-23-8-6-7-22(18-23)31(32,33)34/h6-14,18-19H,2-5,15-17H2,1H3,(H,40,41)(H2,35,37,42). The SMILES string of the molecule is CCCCCCN1C(=O)C(=NNC(=O)Nc2cccc(C(F)(F)F)c2)c2cc(SCCc3ccc(C(=O)O)cc3)ccc21. The summed E-state index contributed by atoms with van der Waals surface area (Å²) < 4.78 is 39.1. The van der Waals surface area contributed by atoms with Crippen molar-refractivity contribution in [1.82, 2.24) is 5.43 Å². The Hall–Kier alpha value is -4.32. The molecule has 226 valence electrons.